The number of carbonyl (C=O) groups excluding carboxylic acids is 1. The van der Waals surface area contributed by atoms with Crippen molar-refractivity contribution in [2.75, 3.05) is 13.1 Å². The minimum absolute atomic E-state index is 0.0547. The summed E-state index contributed by atoms with van der Waals surface area (Å²) in [4.78, 5) is 14.2. The first-order chi connectivity index (χ1) is 14.3. The van der Waals surface area contributed by atoms with Gasteiger partial charge in [-0.3, -0.25) is 4.79 Å². The van der Waals surface area contributed by atoms with Gasteiger partial charge in [0.2, 0.25) is 10.0 Å². The number of aromatic nitrogens is 3. The summed E-state index contributed by atoms with van der Waals surface area (Å²) in [6.07, 6.45) is 2.74. The number of hydrogen-bond acceptors (Lipinski definition) is 6. The summed E-state index contributed by atoms with van der Waals surface area (Å²) in [5, 5.41) is 19.1. The molecule has 1 aliphatic rings. The number of sulfonamides is 1. The maximum Gasteiger partial charge on any atom is 0.276 e. The van der Waals surface area contributed by atoms with Gasteiger partial charge >= 0.3 is 0 Å². The lowest BCUT2D eigenvalue weighted by molar-refractivity contribution is 0.0777. The van der Waals surface area contributed by atoms with Gasteiger partial charge in [0, 0.05) is 19.1 Å². The van der Waals surface area contributed by atoms with Gasteiger partial charge in [-0.25, -0.2) is 13.1 Å². The van der Waals surface area contributed by atoms with Crippen molar-refractivity contribution in [3.63, 3.8) is 0 Å². The average Bonchev–Trinajstić information content (AvgIpc) is 3.37. The van der Waals surface area contributed by atoms with E-state index in [0.717, 1.165) is 6.42 Å². The second-order valence-corrected chi connectivity index (χ2v) is 9.57. The number of carbonyl (C=O) groups is 1. The van der Waals surface area contributed by atoms with E-state index < -0.39 is 10.0 Å². The maximum absolute atomic E-state index is 13.1. The van der Waals surface area contributed by atoms with Gasteiger partial charge in [-0.1, -0.05) is 31.9 Å². The first-order valence-corrected chi connectivity index (χ1v) is 11.5. The molecule has 160 valence electrons. The van der Waals surface area contributed by atoms with Crippen LogP contribution in [0.4, 0.5) is 0 Å². The molecular weight excluding hydrogens is 428 g/mol. The molecule has 0 saturated carbocycles. The van der Waals surface area contributed by atoms with Crippen molar-refractivity contribution in [1.29, 1.82) is 5.26 Å². The molecular formula is C19H23ClN6O3S. The topological polar surface area (TPSA) is 132 Å². The van der Waals surface area contributed by atoms with Crippen LogP contribution in [0.3, 0.4) is 0 Å². The van der Waals surface area contributed by atoms with Crippen LogP contribution in [-0.4, -0.2) is 53.8 Å². The minimum Gasteiger partial charge on any atom is -0.337 e. The van der Waals surface area contributed by atoms with E-state index in [1.165, 1.54) is 24.4 Å². The standard InChI is InChI=1S/C19H23ClN6O3S/c1-3-4-16(24-30(28,29)18-7-13(8-21)5-6-15(18)20)14-11-26(10-12(14)2)19(27)17-9-22-25-23-17/h5-7,9,12,14,16,24H,3-4,10-11H2,1-2H3,(H,22,23,25)/t12-,14+,16-/m1/s1. The van der Waals surface area contributed by atoms with Crippen LogP contribution in [0.15, 0.2) is 29.3 Å². The quantitative estimate of drug-likeness (QED) is 0.664. The summed E-state index contributed by atoms with van der Waals surface area (Å²) >= 11 is 6.11. The van der Waals surface area contributed by atoms with Crippen LogP contribution in [0.5, 0.6) is 0 Å². The molecule has 1 saturated heterocycles. The van der Waals surface area contributed by atoms with Gasteiger partial charge in [0.15, 0.2) is 5.69 Å². The van der Waals surface area contributed by atoms with Crippen LogP contribution in [0.25, 0.3) is 0 Å². The zero-order chi connectivity index (χ0) is 21.9. The molecule has 30 heavy (non-hydrogen) atoms. The van der Waals surface area contributed by atoms with E-state index in [1.54, 1.807) is 4.90 Å². The third-order valence-electron chi connectivity index (χ3n) is 5.36. The fraction of sp³-hybridized carbons (Fsp3) is 0.474. The molecule has 3 rings (SSSR count). The number of amides is 1. The molecule has 1 aromatic carbocycles. The van der Waals surface area contributed by atoms with E-state index in [2.05, 4.69) is 20.1 Å². The van der Waals surface area contributed by atoms with Crippen LogP contribution in [0, 0.1) is 23.2 Å². The number of halogens is 1. The number of benzene rings is 1. The lowest BCUT2D eigenvalue weighted by Gasteiger charge is -2.27. The van der Waals surface area contributed by atoms with E-state index in [4.69, 9.17) is 16.9 Å². The average molecular weight is 451 g/mol. The number of aromatic amines is 1. The van der Waals surface area contributed by atoms with Crippen LogP contribution >= 0.6 is 11.6 Å². The Morgan fingerprint density at radius 3 is 2.87 bits per heavy atom. The summed E-state index contributed by atoms with van der Waals surface area (Å²) in [5.41, 5.74) is 0.445. The Balaban J connectivity index is 1.82. The normalized spacial score (nSPS) is 20.1. The van der Waals surface area contributed by atoms with E-state index in [1.807, 2.05) is 19.9 Å². The highest BCUT2D eigenvalue weighted by Gasteiger charge is 2.39. The number of rotatable bonds is 7. The lowest BCUT2D eigenvalue weighted by atomic mass is 9.88. The van der Waals surface area contributed by atoms with Gasteiger partial charge in [0.05, 0.1) is 22.9 Å². The molecule has 1 amide bonds. The monoisotopic (exact) mass is 450 g/mol. The molecule has 1 aromatic heterocycles. The number of nitrogens with zero attached hydrogens (tertiary/aromatic N) is 4. The highest BCUT2D eigenvalue weighted by molar-refractivity contribution is 7.89. The van der Waals surface area contributed by atoms with Gasteiger partial charge < -0.3 is 4.90 Å². The minimum atomic E-state index is -3.95. The molecule has 11 heteroatoms. The Kier molecular flexibility index (Phi) is 6.75. The number of likely N-dealkylation sites (tertiary alicyclic amines) is 1. The maximum atomic E-state index is 13.1. The molecule has 2 N–H and O–H groups in total. The smallest absolute Gasteiger partial charge is 0.276 e. The molecule has 2 aromatic rings. The first kappa shape index (κ1) is 22.2. The van der Waals surface area contributed by atoms with Crippen molar-refractivity contribution in [3.05, 3.63) is 40.7 Å². The summed E-state index contributed by atoms with van der Waals surface area (Å²) in [7, 11) is -3.95. The van der Waals surface area contributed by atoms with Crippen molar-refractivity contribution in [2.24, 2.45) is 11.8 Å². The molecule has 0 bridgehead atoms. The summed E-state index contributed by atoms with van der Waals surface area (Å²) < 4.78 is 28.9. The van der Waals surface area contributed by atoms with Crippen molar-refractivity contribution in [2.45, 2.75) is 37.6 Å². The SMILES string of the molecule is CCC[C@@H](NS(=O)(=O)c1cc(C#N)ccc1Cl)[C@H]1CN(C(=O)c2cn[nH]n2)C[C@H]1C. The van der Waals surface area contributed by atoms with Gasteiger partial charge in [-0.15, -0.1) is 0 Å². The number of H-pyrrole nitrogens is 1. The Hall–Kier alpha value is -2.48. The molecule has 0 radical (unpaired) electrons. The van der Waals surface area contributed by atoms with Crippen LogP contribution in [-0.2, 0) is 10.0 Å². The summed E-state index contributed by atoms with van der Waals surface area (Å²) in [6.45, 7) is 4.89. The van der Waals surface area contributed by atoms with Gasteiger partial charge in [0.1, 0.15) is 4.90 Å². The number of nitriles is 1. The van der Waals surface area contributed by atoms with Crippen molar-refractivity contribution < 1.29 is 13.2 Å². The van der Waals surface area contributed by atoms with E-state index in [0.29, 0.717) is 19.5 Å². The van der Waals surface area contributed by atoms with Gasteiger partial charge in [-0.05, 0) is 36.5 Å². The molecule has 0 unspecified atom stereocenters. The number of nitrogens with one attached hydrogen (secondary N) is 2. The Morgan fingerprint density at radius 1 is 1.47 bits per heavy atom. The Labute approximate surface area is 180 Å². The lowest BCUT2D eigenvalue weighted by Crippen LogP contribution is -2.43. The molecule has 1 aliphatic heterocycles. The third kappa shape index (κ3) is 4.64. The van der Waals surface area contributed by atoms with Crippen LogP contribution < -0.4 is 4.72 Å². The van der Waals surface area contributed by atoms with E-state index >= 15 is 0 Å². The summed E-state index contributed by atoms with van der Waals surface area (Å²) in [6, 6.07) is 5.69. The Bertz CT molecular complexity index is 1050. The number of hydrogen-bond donors (Lipinski definition) is 2. The molecule has 2 heterocycles. The first-order valence-electron chi connectivity index (χ1n) is 9.63. The second kappa shape index (κ2) is 9.12. The van der Waals surface area contributed by atoms with Crippen LogP contribution in [0.1, 0.15) is 42.7 Å². The van der Waals surface area contributed by atoms with Crippen molar-refractivity contribution >= 4 is 27.5 Å². The fourth-order valence-electron chi connectivity index (χ4n) is 3.86. The fourth-order valence-corrected chi connectivity index (χ4v) is 5.71. The van der Waals surface area contributed by atoms with Gasteiger partial charge in [-0.2, -0.15) is 20.7 Å². The molecule has 1 fully saturated rings. The molecule has 3 atom stereocenters. The van der Waals surface area contributed by atoms with Crippen LogP contribution in [0.2, 0.25) is 5.02 Å². The largest absolute Gasteiger partial charge is 0.337 e. The van der Waals surface area contributed by atoms with Crippen molar-refractivity contribution in [3.8, 4) is 6.07 Å². The molecule has 9 nitrogen and oxygen atoms in total. The van der Waals surface area contributed by atoms with Gasteiger partial charge in [0.25, 0.3) is 5.91 Å². The highest BCUT2D eigenvalue weighted by atomic mass is 35.5. The molecule has 0 spiro atoms. The van der Waals surface area contributed by atoms with Crippen molar-refractivity contribution in [1.82, 2.24) is 25.0 Å². The Morgan fingerprint density at radius 2 is 2.23 bits per heavy atom. The zero-order valence-corrected chi connectivity index (χ0v) is 18.2. The predicted molar refractivity (Wildman–Crippen MR) is 110 cm³/mol. The highest BCUT2D eigenvalue weighted by Crippen LogP contribution is 2.31. The predicted octanol–water partition coefficient (Wildman–Crippen LogP) is 2.19. The van der Waals surface area contributed by atoms with E-state index in [9.17, 15) is 13.2 Å². The molecule has 0 aliphatic carbocycles. The third-order valence-corrected chi connectivity index (χ3v) is 7.34. The zero-order valence-electron chi connectivity index (χ0n) is 16.7. The summed E-state index contributed by atoms with van der Waals surface area (Å²) in [5.74, 6) is -0.226. The van der Waals surface area contributed by atoms with E-state index in [-0.39, 0.29) is 45.0 Å². The second-order valence-electron chi connectivity index (χ2n) is 7.48.